The summed E-state index contributed by atoms with van der Waals surface area (Å²) in [5.41, 5.74) is 4.83. The highest BCUT2D eigenvalue weighted by molar-refractivity contribution is 5.87. The van der Waals surface area contributed by atoms with E-state index in [4.69, 9.17) is 4.42 Å². The first kappa shape index (κ1) is 11.2. The molecule has 2 aromatic rings. The van der Waals surface area contributed by atoms with E-state index in [1.807, 2.05) is 0 Å². The topological polar surface area (TPSA) is 25.2 Å². The molecule has 0 aliphatic carbocycles. The van der Waals surface area contributed by atoms with Crippen molar-refractivity contribution in [2.24, 2.45) is 0 Å². The first-order valence-corrected chi connectivity index (χ1v) is 5.84. The van der Waals surface area contributed by atoms with Gasteiger partial charge in [0.05, 0.1) is 6.54 Å². The van der Waals surface area contributed by atoms with Crippen molar-refractivity contribution in [1.29, 1.82) is 0 Å². The molecule has 0 saturated heterocycles. The maximum Gasteiger partial charge on any atom is 0.137 e. The second kappa shape index (κ2) is 4.30. The van der Waals surface area contributed by atoms with Crippen LogP contribution in [0.3, 0.4) is 0 Å². The van der Waals surface area contributed by atoms with E-state index in [9.17, 15) is 0 Å². The molecule has 0 aliphatic heterocycles. The van der Waals surface area contributed by atoms with Crippen LogP contribution < -0.4 is 5.32 Å². The summed E-state index contributed by atoms with van der Waals surface area (Å²) < 4.78 is 5.95. The smallest absolute Gasteiger partial charge is 0.137 e. The third-order valence-corrected chi connectivity index (χ3v) is 3.12. The molecule has 0 unspecified atom stereocenters. The van der Waals surface area contributed by atoms with Crippen LogP contribution in [0.15, 0.2) is 16.5 Å². The first-order valence-electron chi connectivity index (χ1n) is 5.84. The number of aryl methyl sites for hydroxylation is 3. The Bertz CT molecular complexity index is 511. The largest absolute Gasteiger partial charge is 0.459 e. The standard InChI is InChI=1S/C14H19NO/c1-5-15-8-12-11(4)13-9(2)6-7-10(3)14(13)16-12/h6-7,15H,5,8H2,1-4H3. The molecule has 2 nitrogen and oxygen atoms in total. The fraction of sp³-hybridized carbons (Fsp3) is 0.429. The molecule has 16 heavy (non-hydrogen) atoms. The number of nitrogens with one attached hydrogen (secondary N) is 1. The minimum absolute atomic E-state index is 0.815. The molecule has 0 fully saturated rings. The third-order valence-electron chi connectivity index (χ3n) is 3.12. The number of hydrogen-bond donors (Lipinski definition) is 1. The SMILES string of the molecule is CCNCc1oc2c(C)ccc(C)c2c1C. The van der Waals surface area contributed by atoms with Crippen molar-refractivity contribution in [3.63, 3.8) is 0 Å². The predicted molar refractivity (Wildman–Crippen MR) is 67.8 cm³/mol. The Balaban J connectivity index is 2.58. The van der Waals surface area contributed by atoms with Crippen molar-refractivity contribution in [3.05, 3.63) is 34.6 Å². The number of hydrogen-bond acceptors (Lipinski definition) is 2. The molecule has 1 aromatic carbocycles. The van der Waals surface area contributed by atoms with Crippen LogP contribution in [-0.4, -0.2) is 6.54 Å². The zero-order valence-corrected chi connectivity index (χ0v) is 10.5. The Labute approximate surface area is 96.6 Å². The van der Waals surface area contributed by atoms with Gasteiger partial charge in [-0.15, -0.1) is 0 Å². The maximum atomic E-state index is 5.95. The summed E-state index contributed by atoms with van der Waals surface area (Å²) in [5.74, 6) is 1.06. The van der Waals surface area contributed by atoms with Gasteiger partial charge in [0, 0.05) is 5.39 Å². The summed E-state index contributed by atoms with van der Waals surface area (Å²) >= 11 is 0. The molecule has 0 saturated carbocycles. The van der Waals surface area contributed by atoms with Crippen molar-refractivity contribution in [2.45, 2.75) is 34.2 Å². The van der Waals surface area contributed by atoms with Gasteiger partial charge < -0.3 is 9.73 Å². The van der Waals surface area contributed by atoms with E-state index < -0.39 is 0 Å². The van der Waals surface area contributed by atoms with Gasteiger partial charge in [0.1, 0.15) is 11.3 Å². The molecule has 0 atom stereocenters. The second-order valence-electron chi connectivity index (χ2n) is 4.33. The fourth-order valence-electron chi connectivity index (χ4n) is 2.13. The van der Waals surface area contributed by atoms with Crippen molar-refractivity contribution >= 4 is 11.0 Å². The molecular weight excluding hydrogens is 198 g/mol. The summed E-state index contributed by atoms with van der Waals surface area (Å²) in [6, 6.07) is 4.29. The van der Waals surface area contributed by atoms with Crippen molar-refractivity contribution in [1.82, 2.24) is 5.32 Å². The van der Waals surface area contributed by atoms with Crippen LogP contribution in [0.25, 0.3) is 11.0 Å². The minimum Gasteiger partial charge on any atom is -0.459 e. The van der Waals surface area contributed by atoms with Crippen LogP contribution in [0.4, 0.5) is 0 Å². The zero-order chi connectivity index (χ0) is 11.7. The van der Waals surface area contributed by atoms with Crippen LogP contribution in [0.5, 0.6) is 0 Å². The van der Waals surface area contributed by atoms with E-state index in [0.29, 0.717) is 0 Å². The normalized spacial score (nSPS) is 11.2. The van der Waals surface area contributed by atoms with Gasteiger partial charge in [0.2, 0.25) is 0 Å². The van der Waals surface area contributed by atoms with Crippen LogP contribution in [0.1, 0.15) is 29.4 Å². The lowest BCUT2D eigenvalue weighted by Gasteiger charge is -1.99. The molecule has 2 rings (SSSR count). The molecule has 0 aliphatic rings. The summed E-state index contributed by atoms with van der Waals surface area (Å²) in [5, 5.41) is 4.60. The van der Waals surface area contributed by atoms with Crippen molar-refractivity contribution < 1.29 is 4.42 Å². The quantitative estimate of drug-likeness (QED) is 0.851. The Morgan fingerprint density at radius 2 is 1.81 bits per heavy atom. The molecule has 0 spiro atoms. The van der Waals surface area contributed by atoms with Gasteiger partial charge in [-0.1, -0.05) is 19.1 Å². The van der Waals surface area contributed by atoms with Gasteiger partial charge in [-0.3, -0.25) is 0 Å². The average Bonchev–Trinajstić information content (AvgIpc) is 2.60. The summed E-state index contributed by atoms with van der Waals surface area (Å²) in [6.07, 6.45) is 0. The monoisotopic (exact) mass is 217 g/mol. The van der Waals surface area contributed by atoms with Gasteiger partial charge in [-0.05, 0) is 44.0 Å². The molecular formula is C14H19NO. The zero-order valence-electron chi connectivity index (χ0n) is 10.5. The molecule has 0 amide bonds. The molecule has 2 heteroatoms. The molecule has 0 bridgehead atoms. The highest BCUT2D eigenvalue weighted by atomic mass is 16.3. The number of furan rings is 1. The van der Waals surface area contributed by atoms with E-state index >= 15 is 0 Å². The van der Waals surface area contributed by atoms with E-state index in [-0.39, 0.29) is 0 Å². The average molecular weight is 217 g/mol. The highest BCUT2D eigenvalue weighted by Crippen LogP contribution is 2.30. The molecule has 0 radical (unpaired) electrons. The number of rotatable bonds is 3. The van der Waals surface area contributed by atoms with Gasteiger partial charge in [0.25, 0.3) is 0 Å². The lowest BCUT2D eigenvalue weighted by molar-refractivity contribution is 0.515. The van der Waals surface area contributed by atoms with Crippen LogP contribution >= 0.6 is 0 Å². The highest BCUT2D eigenvalue weighted by Gasteiger charge is 2.13. The predicted octanol–water partition coefficient (Wildman–Crippen LogP) is 3.47. The molecule has 1 N–H and O–H groups in total. The van der Waals surface area contributed by atoms with E-state index in [2.05, 4.69) is 45.1 Å². The Kier molecular flexibility index (Phi) is 3.01. The summed E-state index contributed by atoms with van der Waals surface area (Å²) in [6.45, 7) is 10.3. The number of fused-ring (bicyclic) bond motifs is 1. The summed E-state index contributed by atoms with van der Waals surface area (Å²) in [7, 11) is 0. The molecule has 1 aromatic heterocycles. The van der Waals surface area contributed by atoms with Gasteiger partial charge in [-0.25, -0.2) is 0 Å². The van der Waals surface area contributed by atoms with Gasteiger partial charge in [-0.2, -0.15) is 0 Å². The lowest BCUT2D eigenvalue weighted by atomic mass is 10.0. The van der Waals surface area contributed by atoms with Gasteiger partial charge >= 0.3 is 0 Å². The van der Waals surface area contributed by atoms with Crippen LogP contribution in [0, 0.1) is 20.8 Å². The van der Waals surface area contributed by atoms with Crippen molar-refractivity contribution in [2.75, 3.05) is 6.54 Å². The molecule has 1 heterocycles. The van der Waals surface area contributed by atoms with Crippen LogP contribution in [0.2, 0.25) is 0 Å². The van der Waals surface area contributed by atoms with Crippen LogP contribution in [-0.2, 0) is 6.54 Å². The second-order valence-corrected chi connectivity index (χ2v) is 4.33. The lowest BCUT2D eigenvalue weighted by Crippen LogP contribution is -2.11. The fourth-order valence-corrected chi connectivity index (χ4v) is 2.13. The maximum absolute atomic E-state index is 5.95. The molecule has 86 valence electrons. The number of benzene rings is 1. The van der Waals surface area contributed by atoms with E-state index in [0.717, 1.165) is 24.4 Å². The minimum atomic E-state index is 0.815. The Hall–Kier alpha value is -1.28. The van der Waals surface area contributed by atoms with E-state index in [1.54, 1.807) is 0 Å². The summed E-state index contributed by atoms with van der Waals surface area (Å²) in [4.78, 5) is 0. The van der Waals surface area contributed by atoms with Crippen molar-refractivity contribution in [3.8, 4) is 0 Å². The third kappa shape index (κ3) is 1.74. The van der Waals surface area contributed by atoms with E-state index in [1.165, 1.54) is 22.1 Å². The first-order chi connectivity index (χ1) is 7.65. The Morgan fingerprint density at radius 3 is 2.44 bits per heavy atom. The Morgan fingerprint density at radius 1 is 1.12 bits per heavy atom. The van der Waals surface area contributed by atoms with Gasteiger partial charge in [0.15, 0.2) is 0 Å².